The summed E-state index contributed by atoms with van der Waals surface area (Å²) in [5, 5.41) is 3.98. The Balaban J connectivity index is 1.74. The molecular formula is C22H28ClN5O3. The van der Waals surface area contributed by atoms with Crippen molar-refractivity contribution in [1.82, 2.24) is 19.8 Å². The number of imidazole rings is 1. The number of fused-ring (bicyclic) bond motifs is 3. The van der Waals surface area contributed by atoms with E-state index < -0.39 is 11.6 Å². The first-order valence-corrected chi connectivity index (χ1v) is 10.8. The van der Waals surface area contributed by atoms with Crippen LogP contribution in [0.15, 0.2) is 24.5 Å². The van der Waals surface area contributed by atoms with Gasteiger partial charge in [-0.3, -0.25) is 9.47 Å². The third-order valence-corrected chi connectivity index (χ3v) is 5.55. The molecule has 9 heteroatoms. The largest absolute Gasteiger partial charge is 0.455 e. The van der Waals surface area contributed by atoms with E-state index in [1.807, 2.05) is 36.3 Å². The van der Waals surface area contributed by atoms with E-state index in [-0.39, 0.29) is 30.4 Å². The van der Waals surface area contributed by atoms with Crippen LogP contribution >= 0.6 is 11.6 Å². The maximum Gasteiger partial charge on any atom is 0.359 e. The Labute approximate surface area is 187 Å². The van der Waals surface area contributed by atoms with Gasteiger partial charge in [-0.25, -0.2) is 14.6 Å². The maximum atomic E-state index is 13.6. The molecule has 8 nitrogen and oxygen atoms in total. The van der Waals surface area contributed by atoms with Crippen molar-refractivity contribution in [2.45, 2.75) is 58.8 Å². The van der Waals surface area contributed by atoms with E-state index in [2.05, 4.69) is 24.1 Å². The number of hydrogen-bond acceptors (Lipinski definition) is 5. The zero-order chi connectivity index (χ0) is 22.5. The minimum atomic E-state index is -0.643. The van der Waals surface area contributed by atoms with Crippen LogP contribution in [-0.2, 0) is 11.3 Å². The standard InChI is InChI=1S/C22H28ClN5O3/c1-13-9-26(10-14(2)25-13)21(30)27-11-18-19(20(29)31-22(3,4)5)24-12-28(18)16-7-6-15(23)8-17(16)27/h6-8,12-14,25H,9-11H2,1-5H3/t13-,14-/m0/s1. The van der Waals surface area contributed by atoms with Gasteiger partial charge in [-0.2, -0.15) is 0 Å². The number of urea groups is 1. The first kappa shape index (κ1) is 21.6. The molecule has 2 aliphatic rings. The SMILES string of the molecule is C[C@H]1CN(C(=O)N2Cc3c(C(=O)OC(C)(C)C)ncn3-c3ccc(Cl)cc32)C[C@H](C)N1. The van der Waals surface area contributed by atoms with Gasteiger partial charge in [0.2, 0.25) is 0 Å². The fraction of sp³-hybridized carbons (Fsp3) is 0.500. The summed E-state index contributed by atoms with van der Waals surface area (Å²) in [6.45, 7) is 11.0. The van der Waals surface area contributed by atoms with Gasteiger partial charge in [-0.15, -0.1) is 0 Å². The molecule has 1 aromatic heterocycles. The number of carbonyl (C=O) groups excluding carboxylic acids is 2. The van der Waals surface area contributed by atoms with Crippen molar-refractivity contribution in [1.29, 1.82) is 0 Å². The van der Waals surface area contributed by atoms with E-state index in [0.717, 1.165) is 5.69 Å². The lowest BCUT2D eigenvalue weighted by molar-refractivity contribution is 0.00619. The predicted octanol–water partition coefficient (Wildman–Crippen LogP) is 3.60. The van der Waals surface area contributed by atoms with Gasteiger partial charge >= 0.3 is 12.0 Å². The molecule has 4 rings (SSSR count). The zero-order valence-electron chi connectivity index (χ0n) is 18.5. The number of nitrogens with zero attached hydrogens (tertiary/aromatic N) is 4. The fourth-order valence-corrected chi connectivity index (χ4v) is 4.37. The van der Waals surface area contributed by atoms with Gasteiger partial charge in [0.1, 0.15) is 11.9 Å². The number of aromatic nitrogens is 2. The summed E-state index contributed by atoms with van der Waals surface area (Å²) in [6, 6.07) is 5.65. The third kappa shape index (κ3) is 4.27. The molecule has 166 valence electrons. The molecule has 0 bridgehead atoms. The minimum absolute atomic E-state index is 0.119. The molecule has 2 aromatic rings. The first-order valence-electron chi connectivity index (χ1n) is 10.5. The van der Waals surface area contributed by atoms with Gasteiger partial charge in [0.05, 0.1) is 23.6 Å². The monoisotopic (exact) mass is 445 g/mol. The van der Waals surface area contributed by atoms with Crippen LogP contribution in [0.1, 0.15) is 50.8 Å². The Morgan fingerprint density at radius 3 is 2.48 bits per heavy atom. The topological polar surface area (TPSA) is 79.7 Å². The van der Waals surface area contributed by atoms with Crippen molar-refractivity contribution in [3.05, 3.63) is 40.9 Å². The second-order valence-corrected chi connectivity index (χ2v) is 9.72. The second kappa shape index (κ2) is 7.84. The minimum Gasteiger partial charge on any atom is -0.455 e. The molecule has 2 aliphatic heterocycles. The number of carbonyl (C=O) groups is 2. The fourth-order valence-electron chi connectivity index (χ4n) is 4.21. The lowest BCUT2D eigenvalue weighted by Gasteiger charge is -2.40. The number of esters is 1. The Morgan fingerprint density at radius 1 is 1.16 bits per heavy atom. The zero-order valence-corrected chi connectivity index (χ0v) is 19.2. The molecule has 2 amide bonds. The second-order valence-electron chi connectivity index (χ2n) is 9.29. The van der Waals surface area contributed by atoms with E-state index >= 15 is 0 Å². The Hall–Kier alpha value is -2.58. The smallest absolute Gasteiger partial charge is 0.359 e. The quantitative estimate of drug-likeness (QED) is 0.678. The summed E-state index contributed by atoms with van der Waals surface area (Å²) < 4.78 is 7.37. The van der Waals surface area contributed by atoms with Crippen molar-refractivity contribution in [3.8, 4) is 5.69 Å². The third-order valence-electron chi connectivity index (χ3n) is 5.31. The lowest BCUT2D eigenvalue weighted by Crippen LogP contribution is -2.58. The highest BCUT2D eigenvalue weighted by molar-refractivity contribution is 6.31. The van der Waals surface area contributed by atoms with E-state index in [9.17, 15) is 9.59 Å². The van der Waals surface area contributed by atoms with E-state index in [1.54, 1.807) is 23.4 Å². The van der Waals surface area contributed by atoms with Gasteiger partial charge in [-0.1, -0.05) is 11.6 Å². The molecule has 0 spiro atoms. The number of piperazine rings is 1. The molecule has 0 unspecified atom stereocenters. The molecule has 2 atom stereocenters. The van der Waals surface area contributed by atoms with Crippen LogP contribution in [0.2, 0.25) is 5.02 Å². The van der Waals surface area contributed by atoms with Crippen LogP contribution in [0.4, 0.5) is 10.5 Å². The molecule has 3 heterocycles. The average molecular weight is 446 g/mol. The predicted molar refractivity (Wildman–Crippen MR) is 119 cm³/mol. The molecule has 1 aromatic carbocycles. The van der Waals surface area contributed by atoms with Gasteiger partial charge in [0, 0.05) is 30.2 Å². The van der Waals surface area contributed by atoms with Gasteiger partial charge in [0.25, 0.3) is 0 Å². The summed E-state index contributed by atoms with van der Waals surface area (Å²) >= 11 is 6.27. The van der Waals surface area contributed by atoms with Crippen LogP contribution in [0.25, 0.3) is 5.69 Å². The normalized spacial score (nSPS) is 20.8. The van der Waals surface area contributed by atoms with Crippen molar-refractivity contribution < 1.29 is 14.3 Å². The van der Waals surface area contributed by atoms with Crippen LogP contribution in [0.3, 0.4) is 0 Å². The Kier molecular flexibility index (Phi) is 5.47. The maximum absolute atomic E-state index is 13.6. The Bertz CT molecular complexity index is 1020. The number of amides is 2. The lowest BCUT2D eigenvalue weighted by atomic mass is 10.1. The highest BCUT2D eigenvalue weighted by Gasteiger charge is 2.36. The van der Waals surface area contributed by atoms with Crippen LogP contribution < -0.4 is 10.2 Å². The Morgan fingerprint density at radius 2 is 1.84 bits per heavy atom. The first-order chi connectivity index (χ1) is 14.5. The number of halogens is 1. The molecule has 31 heavy (non-hydrogen) atoms. The van der Waals surface area contributed by atoms with Gasteiger partial charge in [-0.05, 0) is 52.8 Å². The summed E-state index contributed by atoms with van der Waals surface area (Å²) in [5.41, 5.74) is 1.63. The van der Waals surface area contributed by atoms with Crippen molar-refractivity contribution >= 4 is 29.3 Å². The molecule has 1 N–H and O–H groups in total. The number of benzene rings is 1. The van der Waals surface area contributed by atoms with Gasteiger partial charge < -0.3 is 15.0 Å². The van der Waals surface area contributed by atoms with E-state index in [1.165, 1.54) is 0 Å². The van der Waals surface area contributed by atoms with Crippen molar-refractivity contribution in [3.63, 3.8) is 0 Å². The van der Waals surface area contributed by atoms with Crippen molar-refractivity contribution in [2.75, 3.05) is 18.0 Å². The van der Waals surface area contributed by atoms with Crippen LogP contribution in [-0.4, -0.2) is 57.2 Å². The van der Waals surface area contributed by atoms with Crippen LogP contribution in [0, 0.1) is 0 Å². The van der Waals surface area contributed by atoms with Crippen LogP contribution in [0.5, 0.6) is 0 Å². The molecule has 0 saturated carbocycles. The van der Waals surface area contributed by atoms with Gasteiger partial charge in [0.15, 0.2) is 5.69 Å². The highest BCUT2D eigenvalue weighted by atomic mass is 35.5. The summed E-state index contributed by atoms with van der Waals surface area (Å²) in [4.78, 5) is 34.2. The molecule has 0 aliphatic carbocycles. The number of nitrogens with one attached hydrogen (secondary N) is 1. The number of anilines is 1. The molecule has 0 radical (unpaired) electrons. The number of rotatable bonds is 1. The molecule has 1 saturated heterocycles. The summed E-state index contributed by atoms with van der Waals surface area (Å²) in [7, 11) is 0. The number of ether oxygens (including phenoxy) is 1. The van der Waals surface area contributed by atoms with E-state index in [4.69, 9.17) is 16.3 Å². The van der Waals surface area contributed by atoms with Crippen molar-refractivity contribution in [2.24, 2.45) is 0 Å². The summed E-state index contributed by atoms with van der Waals surface area (Å²) in [5.74, 6) is -0.504. The van der Waals surface area contributed by atoms with E-state index in [0.29, 0.717) is 29.5 Å². The number of hydrogen-bond donors (Lipinski definition) is 1. The highest BCUT2D eigenvalue weighted by Crippen LogP contribution is 2.36. The average Bonchev–Trinajstić information content (AvgIpc) is 3.08. The molecule has 1 fully saturated rings. The molecular weight excluding hydrogens is 418 g/mol. The summed E-state index contributed by atoms with van der Waals surface area (Å²) in [6.07, 6.45) is 1.60.